The van der Waals surface area contributed by atoms with E-state index in [0.29, 0.717) is 11.7 Å². The Morgan fingerprint density at radius 1 is 1.20 bits per heavy atom. The fraction of sp³-hybridized carbons (Fsp3) is 0.316. The molecule has 1 fully saturated rings. The average Bonchev–Trinajstić information content (AvgIpc) is 2.99. The van der Waals surface area contributed by atoms with E-state index >= 15 is 0 Å². The maximum atomic E-state index is 13.9. The molecule has 0 spiro atoms. The smallest absolute Gasteiger partial charge is 0.139 e. The van der Waals surface area contributed by atoms with E-state index in [4.69, 9.17) is 4.74 Å². The summed E-state index contributed by atoms with van der Waals surface area (Å²) in [7, 11) is 1.60. The van der Waals surface area contributed by atoms with E-state index in [0.717, 1.165) is 52.6 Å². The predicted octanol–water partition coefficient (Wildman–Crippen LogP) is 4.61. The van der Waals surface area contributed by atoms with Crippen molar-refractivity contribution in [3.63, 3.8) is 0 Å². The lowest BCUT2D eigenvalue weighted by atomic mass is 9.94. The second kappa shape index (κ2) is 6.77. The van der Waals surface area contributed by atoms with E-state index in [1.807, 2.05) is 6.07 Å². The number of hydrogen-bond donors (Lipinski definition) is 2. The molecule has 4 nitrogen and oxygen atoms in total. The van der Waals surface area contributed by atoms with Crippen molar-refractivity contribution < 1.29 is 9.13 Å². The standard InChI is InChI=1S/C19H19BrFN3O/c1-25-15-3-2-12(21)10-14(15)13-6-9-23-19-16(13)17(20)18(24-19)11-4-7-22-8-5-11/h2-3,6,9-11,22H,4-5,7-8H2,1H3,(H,23,24). The van der Waals surface area contributed by atoms with E-state index in [-0.39, 0.29) is 5.82 Å². The molecule has 130 valence electrons. The number of nitrogens with zero attached hydrogens (tertiary/aromatic N) is 1. The van der Waals surface area contributed by atoms with Crippen LogP contribution in [0.15, 0.2) is 34.9 Å². The van der Waals surface area contributed by atoms with Gasteiger partial charge in [0.2, 0.25) is 0 Å². The van der Waals surface area contributed by atoms with Gasteiger partial charge < -0.3 is 15.0 Å². The zero-order valence-electron chi connectivity index (χ0n) is 13.9. The minimum absolute atomic E-state index is 0.286. The van der Waals surface area contributed by atoms with Gasteiger partial charge in [-0.05, 0) is 71.7 Å². The number of aromatic nitrogens is 2. The van der Waals surface area contributed by atoms with Gasteiger partial charge >= 0.3 is 0 Å². The second-order valence-electron chi connectivity index (χ2n) is 6.30. The van der Waals surface area contributed by atoms with Crippen molar-refractivity contribution in [2.45, 2.75) is 18.8 Å². The molecule has 3 aromatic rings. The maximum absolute atomic E-state index is 13.9. The molecule has 1 saturated heterocycles. The van der Waals surface area contributed by atoms with Crippen LogP contribution in [0.25, 0.3) is 22.2 Å². The molecule has 1 aromatic carbocycles. The number of rotatable bonds is 3. The molecule has 0 radical (unpaired) electrons. The predicted molar refractivity (Wildman–Crippen MR) is 101 cm³/mol. The first-order valence-electron chi connectivity index (χ1n) is 8.39. The highest BCUT2D eigenvalue weighted by Gasteiger charge is 2.23. The number of piperidine rings is 1. The Hall–Kier alpha value is -1.92. The average molecular weight is 404 g/mol. The summed E-state index contributed by atoms with van der Waals surface area (Å²) in [6, 6.07) is 6.49. The third-order valence-corrected chi connectivity index (χ3v) is 5.68. The van der Waals surface area contributed by atoms with E-state index < -0.39 is 0 Å². The largest absolute Gasteiger partial charge is 0.496 e. The van der Waals surface area contributed by atoms with E-state index in [1.54, 1.807) is 19.4 Å². The molecule has 0 amide bonds. The Morgan fingerprint density at radius 2 is 2.00 bits per heavy atom. The Labute approximate surface area is 153 Å². The SMILES string of the molecule is COc1ccc(F)cc1-c1ccnc2[nH]c(C3CCNCC3)c(Br)c12. The van der Waals surface area contributed by atoms with Crippen LogP contribution >= 0.6 is 15.9 Å². The van der Waals surface area contributed by atoms with Crippen molar-refractivity contribution in [3.8, 4) is 16.9 Å². The van der Waals surface area contributed by atoms with E-state index in [1.165, 1.54) is 17.8 Å². The van der Waals surface area contributed by atoms with Crippen LogP contribution in [-0.4, -0.2) is 30.2 Å². The molecule has 1 aliphatic rings. The molecule has 0 aliphatic carbocycles. The van der Waals surface area contributed by atoms with Crippen LogP contribution in [0.3, 0.4) is 0 Å². The fourth-order valence-corrected chi connectivity index (χ4v) is 4.43. The third kappa shape index (κ3) is 2.93. The molecule has 3 heterocycles. The molecule has 25 heavy (non-hydrogen) atoms. The van der Waals surface area contributed by atoms with Crippen molar-refractivity contribution in [2.75, 3.05) is 20.2 Å². The number of pyridine rings is 1. The first-order chi connectivity index (χ1) is 12.2. The Bertz CT molecular complexity index is 918. The van der Waals surface area contributed by atoms with Gasteiger partial charge in [0.25, 0.3) is 0 Å². The monoisotopic (exact) mass is 403 g/mol. The summed E-state index contributed by atoms with van der Waals surface area (Å²) in [5.41, 5.74) is 3.62. The second-order valence-corrected chi connectivity index (χ2v) is 7.10. The van der Waals surface area contributed by atoms with Crippen LogP contribution in [-0.2, 0) is 0 Å². The lowest BCUT2D eigenvalue weighted by molar-refractivity contribution is 0.415. The number of benzene rings is 1. The van der Waals surface area contributed by atoms with Gasteiger partial charge in [-0.25, -0.2) is 9.37 Å². The van der Waals surface area contributed by atoms with Crippen molar-refractivity contribution in [1.29, 1.82) is 0 Å². The van der Waals surface area contributed by atoms with Crippen LogP contribution in [0.1, 0.15) is 24.5 Å². The molecule has 4 rings (SSSR count). The van der Waals surface area contributed by atoms with E-state index in [2.05, 4.69) is 31.2 Å². The lowest BCUT2D eigenvalue weighted by Crippen LogP contribution is -2.26. The first kappa shape index (κ1) is 16.5. The molecule has 0 unspecified atom stereocenters. The Kier molecular flexibility index (Phi) is 4.48. The summed E-state index contributed by atoms with van der Waals surface area (Å²) >= 11 is 3.77. The van der Waals surface area contributed by atoms with Gasteiger partial charge in [-0.2, -0.15) is 0 Å². The quantitative estimate of drug-likeness (QED) is 0.671. The highest BCUT2D eigenvalue weighted by atomic mass is 79.9. The summed E-state index contributed by atoms with van der Waals surface area (Å²) in [6.07, 6.45) is 3.92. The number of halogens is 2. The summed E-state index contributed by atoms with van der Waals surface area (Å²) in [5.74, 6) is 0.823. The number of H-pyrrole nitrogens is 1. The topological polar surface area (TPSA) is 49.9 Å². The fourth-order valence-electron chi connectivity index (χ4n) is 3.60. The summed E-state index contributed by atoms with van der Waals surface area (Å²) in [5, 5.41) is 4.37. The number of nitrogens with one attached hydrogen (secondary N) is 2. The zero-order valence-corrected chi connectivity index (χ0v) is 15.5. The minimum atomic E-state index is -0.286. The summed E-state index contributed by atoms with van der Waals surface area (Å²) < 4.78 is 20.3. The van der Waals surface area contributed by atoms with Crippen molar-refractivity contribution in [1.82, 2.24) is 15.3 Å². The van der Waals surface area contributed by atoms with Crippen LogP contribution in [0.2, 0.25) is 0 Å². The molecular weight excluding hydrogens is 385 g/mol. The molecule has 2 N–H and O–H groups in total. The Balaban J connectivity index is 1.91. The van der Waals surface area contributed by atoms with Gasteiger partial charge in [0, 0.05) is 33.2 Å². The number of ether oxygens (including phenoxy) is 1. The third-order valence-electron chi connectivity index (χ3n) is 4.86. The van der Waals surface area contributed by atoms with Gasteiger partial charge in [0.1, 0.15) is 17.2 Å². The van der Waals surface area contributed by atoms with Crippen LogP contribution < -0.4 is 10.1 Å². The van der Waals surface area contributed by atoms with Gasteiger partial charge in [0.15, 0.2) is 0 Å². The highest BCUT2D eigenvalue weighted by molar-refractivity contribution is 9.10. The Morgan fingerprint density at radius 3 is 2.76 bits per heavy atom. The molecule has 6 heteroatoms. The first-order valence-corrected chi connectivity index (χ1v) is 9.19. The molecule has 0 bridgehead atoms. The van der Waals surface area contributed by atoms with Crippen molar-refractivity contribution in [2.24, 2.45) is 0 Å². The highest BCUT2D eigenvalue weighted by Crippen LogP contribution is 2.42. The summed E-state index contributed by atoms with van der Waals surface area (Å²) in [6.45, 7) is 2.04. The van der Waals surface area contributed by atoms with Crippen LogP contribution in [0.5, 0.6) is 5.75 Å². The van der Waals surface area contributed by atoms with Crippen LogP contribution in [0.4, 0.5) is 4.39 Å². The lowest BCUT2D eigenvalue weighted by Gasteiger charge is -2.22. The van der Waals surface area contributed by atoms with Gasteiger partial charge in [-0.1, -0.05) is 0 Å². The zero-order chi connectivity index (χ0) is 17.4. The molecule has 0 saturated carbocycles. The van der Waals surface area contributed by atoms with Crippen molar-refractivity contribution >= 4 is 27.0 Å². The van der Waals surface area contributed by atoms with Gasteiger partial charge in [-0.3, -0.25) is 0 Å². The van der Waals surface area contributed by atoms with Crippen LogP contribution in [0, 0.1) is 5.82 Å². The van der Waals surface area contributed by atoms with Gasteiger partial charge in [0.05, 0.1) is 7.11 Å². The van der Waals surface area contributed by atoms with Gasteiger partial charge in [-0.15, -0.1) is 0 Å². The number of fused-ring (bicyclic) bond motifs is 1. The minimum Gasteiger partial charge on any atom is -0.496 e. The van der Waals surface area contributed by atoms with E-state index in [9.17, 15) is 4.39 Å². The molecule has 1 aliphatic heterocycles. The number of hydrogen-bond acceptors (Lipinski definition) is 3. The summed E-state index contributed by atoms with van der Waals surface area (Å²) in [4.78, 5) is 7.96. The maximum Gasteiger partial charge on any atom is 0.139 e. The number of methoxy groups -OCH3 is 1. The molecular formula is C19H19BrFN3O. The normalized spacial score (nSPS) is 15.6. The molecule has 2 aromatic heterocycles. The number of aromatic amines is 1. The molecule has 0 atom stereocenters. The van der Waals surface area contributed by atoms with Crippen molar-refractivity contribution in [3.05, 3.63) is 46.4 Å².